The van der Waals surface area contributed by atoms with Gasteiger partial charge in [-0.1, -0.05) is 58.1 Å². The monoisotopic (exact) mass is 274 g/mol. The summed E-state index contributed by atoms with van der Waals surface area (Å²) >= 11 is 0. The molecular formula is C19H30O. The molecule has 1 aliphatic carbocycles. The molecule has 0 N–H and O–H groups in total. The fourth-order valence-corrected chi connectivity index (χ4v) is 4.01. The lowest BCUT2D eigenvalue weighted by Gasteiger charge is -2.43. The molecule has 0 spiro atoms. The minimum absolute atomic E-state index is 0.416. The number of benzene rings is 1. The van der Waals surface area contributed by atoms with Gasteiger partial charge in [0.05, 0.1) is 6.61 Å². The third-order valence-corrected chi connectivity index (χ3v) is 5.15. The van der Waals surface area contributed by atoms with Gasteiger partial charge >= 0.3 is 0 Å². The van der Waals surface area contributed by atoms with Gasteiger partial charge < -0.3 is 4.74 Å². The molecule has 1 heteroatoms. The molecule has 0 saturated heterocycles. The summed E-state index contributed by atoms with van der Waals surface area (Å²) in [6.07, 6.45) is 9.55. The summed E-state index contributed by atoms with van der Waals surface area (Å²) in [6, 6.07) is 8.96. The average Bonchev–Trinajstić information content (AvgIpc) is 2.49. The Bertz CT molecular complexity index is 387. The van der Waals surface area contributed by atoms with Gasteiger partial charge in [-0.3, -0.25) is 0 Å². The van der Waals surface area contributed by atoms with Crippen molar-refractivity contribution in [1.29, 1.82) is 0 Å². The molecular weight excluding hydrogens is 244 g/mol. The fraction of sp³-hybridized carbons (Fsp3) is 0.684. The Morgan fingerprint density at radius 2 is 1.70 bits per heavy atom. The molecule has 0 aromatic heterocycles. The molecule has 0 bridgehead atoms. The van der Waals surface area contributed by atoms with Gasteiger partial charge in [0.2, 0.25) is 0 Å². The number of rotatable bonds is 6. The zero-order valence-electron chi connectivity index (χ0n) is 13.5. The van der Waals surface area contributed by atoms with Crippen molar-refractivity contribution in [1.82, 2.24) is 0 Å². The first-order valence-electron chi connectivity index (χ1n) is 8.46. The lowest BCUT2D eigenvalue weighted by atomic mass is 9.61. The van der Waals surface area contributed by atoms with E-state index in [4.69, 9.17) is 4.74 Å². The van der Waals surface area contributed by atoms with E-state index >= 15 is 0 Å². The quantitative estimate of drug-likeness (QED) is 0.644. The van der Waals surface area contributed by atoms with E-state index in [0.29, 0.717) is 5.41 Å². The largest absolute Gasteiger partial charge is 0.494 e. The zero-order valence-corrected chi connectivity index (χ0v) is 13.5. The second kappa shape index (κ2) is 7.15. The highest BCUT2D eigenvalue weighted by molar-refractivity contribution is 5.33. The molecule has 0 aliphatic heterocycles. The van der Waals surface area contributed by atoms with Gasteiger partial charge in [-0.25, -0.2) is 0 Å². The molecule has 1 nitrogen and oxygen atoms in total. The highest BCUT2D eigenvalue weighted by Crippen LogP contribution is 2.46. The predicted molar refractivity (Wildman–Crippen MR) is 86.4 cm³/mol. The standard InChI is InChI=1S/C19H30O/c1-4-9-16(3)19(14-7-6-8-15-19)17-10-12-18(13-11-17)20-5-2/h10-13,16H,4-9,14-15H2,1-3H3. The summed E-state index contributed by atoms with van der Waals surface area (Å²) in [5.41, 5.74) is 1.96. The second-order valence-electron chi connectivity index (χ2n) is 6.36. The smallest absolute Gasteiger partial charge is 0.119 e. The summed E-state index contributed by atoms with van der Waals surface area (Å²) < 4.78 is 5.59. The number of hydrogen-bond acceptors (Lipinski definition) is 1. The van der Waals surface area contributed by atoms with Gasteiger partial charge in [0.1, 0.15) is 5.75 Å². The molecule has 2 rings (SSSR count). The van der Waals surface area contributed by atoms with Crippen molar-refractivity contribution < 1.29 is 4.74 Å². The first kappa shape index (κ1) is 15.4. The highest BCUT2D eigenvalue weighted by atomic mass is 16.5. The van der Waals surface area contributed by atoms with E-state index in [2.05, 4.69) is 38.1 Å². The van der Waals surface area contributed by atoms with Crippen molar-refractivity contribution >= 4 is 0 Å². The van der Waals surface area contributed by atoms with Crippen molar-refractivity contribution in [2.45, 2.75) is 71.1 Å². The van der Waals surface area contributed by atoms with Crippen LogP contribution in [0.25, 0.3) is 0 Å². The summed E-state index contributed by atoms with van der Waals surface area (Å²) in [5.74, 6) is 1.79. The van der Waals surface area contributed by atoms with E-state index in [9.17, 15) is 0 Å². The van der Waals surface area contributed by atoms with Crippen LogP contribution in [0, 0.1) is 5.92 Å². The van der Waals surface area contributed by atoms with Crippen molar-refractivity contribution in [3.63, 3.8) is 0 Å². The van der Waals surface area contributed by atoms with Crippen LogP contribution in [0.1, 0.15) is 71.3 Å². The molecule has 1 saturated carbocycles. The van der Waals surface area contributed by atoms with Crippen LogP contribution < -0.4 is 4.74 Å². The molecule has 20 heavy (non-hydrogen) atoms. The normalized spacial score (nSPS) is 19.6. The Labute approximate surface area is 124 Å². The maximum absolute atomic E-state index is 5.59. The minimum atomic E-state index is 0.416. The molecule has 1 aromatic carbocycles. The molecule has 112 valence electrons. The summed E-state index contributed by atoms with van der Waals surface area (Å²) in [5, 5.41) is 0. The fourth-order valence-electron chi connectivity index (χ4n) is 4.01. The Balaban J connectivity index is 2.25. The summed E-state index contributed by atoms with van der Waals surface area (Å²) in [6.45, 7) is 7.56. The SMILES string of the molecule is CCCC(C)C1(c2ccc(OCC)cc2)CCCCC1. The molecule has 1 aliphatic rings. The Morgan fingerprint density at radius 3 is 2.25 bits per heavy atom. The maximum Gasteiger partial charge on any atom is 0.119 e. The van der Waals surface area contributed by atoms with Crippen molar-refractivity contribution in [3.8, 4) is 5.75 Å². The Kier molecular flexibility index (Phi) is 5.51. The number of ether oxygens (including phenoxy) is 1. The van der Waals surface area contributed by atoms with Crippen LogP contribution in [0.3, 0.4) is 0 Å². The second-order valence-corrected chi connectivity index (χ2v) is 6.36. The molecule has 1 unspecified atom stereocenters. The first-order chi connectivity index (χ1) is 9.73. The summed E-state index contributed by atoms with van der Waals surface area (Å²) in [4.78, 5) is 0. The maximum atomic E-state index is 5.59. The first-order valence-corrected chi connectivity index (χ1v) is 8.46. The predicted octanol–water partition coefficient (Wildman–Crippen LogP) is 5.72. The van der Waals surface area contributed by atoms with Crippen LogP contribution in [0.15, 0.2) is 24.3 Å². The van der Waals surface area contributed by atoms with Crippen LogP contribution in [0.2, 0.25) is 0 Å². The Hall–Kier alpha value is -0.980. The van der Waals surface area contributed by atoms with E-state index < -0.39 is 0 Å². The molecule has 0 heterocycles. The van der Waals surface area contributed by atoms with E-state index in [1.54, 1.807) is 5.56 Å². The topological polar surface area (TPSA) is 9.23 Å². The third kappa shape index (κ3) is 3.19. The van der Waals surface area contributed by atoms with Crippen molar-refractivity contribution in [3.05, 3.63) is 29.8 Å². The molecule has 1 atom stereocenters. The van der Waals surface area contributed by atoms with E-state index in [0.717, 1.165) is 18.3 Å². The van der Waals surface area contributed by atoms with E-state index in [1.165, 1.54) is 44.9 Å². The van der Waals surface area contributed by atoms with Gasteiger partial charge in [0.25, 0.3) is 0 Å². The number of hydrogen-bond donors (Lipinski definition) is 0. The van der Waals surface area contributed by atoms with E-state index in [-0.39, 0.29) is 0 Å². The van der Waals surface area contributed by atoms with Crippen LogP contribution in [-0.2, 0) is 5.41 Å². The van der Waals surface area contributed by atoms with Crippen molar-refractivity contribution in [2.24, 2.45) is 5.92 Å². The van der Waals surface area contributed by atoms with Crippen LogP contribution in [0.5, 0.6) is 5.75 Å². The molecule has 1 aromatic rings. The minimum Gasteiger partial charge on any atom is -0.494 e. The molecule has 1 fully saturated rings. The zero-order chi connectivity index (χ0) is 14.4. The van der Waals surface area contributed by atoms with Crippen LogP contribution in [-0.4, -0.2) is 6.61 Å². The molecule has 0 radical (unpaired) electrons. The van der Waals surface area contributed by atoms with E-state index in [1.807, 2.05) is 6.92 Å². The van der Waals surface area contributed by atoms with Gasteiger partial charge in [-0.2, -0.15) is 0 Å². The Morgan fingerprint density at radius 1 is 1.05 bits per heavy atom. The molecule has 0 amide bonds. The van der Waals surface area contributed by atoms with Crippen LogP contribution >= 0.6 is 0 Å². The van der Waals surface area contributed by atoms with Crippen molar-refractivity contribution in [2.75, 3.05) is 6.61 Å². The summed E-state index contributed by atoms with van der Waals surface area (Å²) in [7, 11) is 0. The third-order valence-electron chi connectivity index (χ3n) is 5.15. The van der Waals surface area contributed by atoms with Crippen LogP contribution in [0.4, 0.5) is 0 Å². The van der Waals surface area contributed by atoms with Gasteiger partial charge in [-0.05, 0) is 48.8 Å². The van der Waals surface area contributed by atoms with Gasteiger partial charge in [-0.15, -0.1) is 0 Å². The lowest BCUT2D eigenvalue weighted by molar-refractivity contribution is 0.192. The highest BCUT2D eigenvalue weighted by Gasteiger charge is 2.38. The van der Waals surface area contributed by atoms with Gasteiger partial charge in [0, 0.05) is 0 Å². The van der Waals surface area contributed by atoms with Gasteiger partial charge in [0.15, 0.2) is 0 Å². The average molecular weight is 274 g/mol. The lowest BCUT2D eigenvalue weighted by Crippen LogP contribution is -2.36.